The minimum atomic E-state index is -4.39. The highest BCUT2D eigenvalue weighted by molar-refractivity contribution is 7.16. The molecule has 1 aromatic carbocycles. The van der Waals surface area contributed by atoms with Gasteiger partial charge in [0.1, 0.15) is 17.0 Å². The lowest BCUT2D eigenvalue weighted by Gasteiger charge is -2.24. The summed E-state index contributed by atoms with van der Waals surface area (Å²) >= 11 is 1.48. The molecule has 2 N–H and O–H groups in total. The van der Waals surface area contributed by atoms with Crippen molar-refractivity contribution >= 4 is 27.4 Å². The molecule has 2 atom stereocenters. The van der Waals surface area contributed by atoms with Crippen LogP contribution in [0, 0.1) is 0 Å². The molecule has 3 aromatic rings. The van der Waals surface area contributed by atoms with E-state index in [1.807, 2.05) is 18.4 Å². The van der Waals surface area contributed by atoms with Crippen LogP contribution in [0.25, 0.3) is 10.2 Å². The topological polar surface area (TPSA) is 58.0 Å². The van der Waals surface area contributed by atoms with Crippen molar-refractivity contribution in [3.05, 3.63) is 53.2 Å². The molecule has 4 nitrogen and oxygen atoms in total. The van der Waals surface area contributed by atoms with Gasteiger partial charge in [-0.3, -0.25) is 0 Å². The number of fused-ring (bicyclic) bond motifs is 1. The van der Waals surface area contributed by atoms with Crippen LogP contribution in [0.4, 0.5) is 19.0 Å². The largest absolute Gasteiger partial charge is 0.416 e. The van der Waals surface area contributed by atoms with Gasteiger partial charge in [-0.2, -0.15) is 13.2 Å². The molecule has 25 heavy (non-hydrogen) atoms. The van der Waals surface area contributed by atoms with E-state index in [1.165, 1.54) is 29.8 Å². The summed E-state index contributed by atoms with van der Waals surface area (Å²) in [6, 6.07) is 6.06. The Labute approximate surface area is 146 Å². The first kappa shape index (κ1) is 17.6. The molecule has 0 aliphatic carbocycles. The molecule has 2 aromatic heterocycles. The van der Waals surface area contributed by atoms with Crippen LogP contribution in [-0.4, -0.2) is 21.1 Å². The zero-order chi connectivity index (χ0) is 18.0. The van der Waals surface area contributed by atoms with Crippen molar-refractivity contribution in [2.45, 2.75) is 31.7 Å². The van der Waals surface area contributed by atoms with Gasteiger partial charge in [-0.1, -0.05) is 19.1 Å². The Morgan fingerprint density at radius 3 is 2.52 bits per heavy atom. The highest BCUT2D eigenvalue weighted by Crippen LogP contribution is 2.31. The second-order valence-electron chi connectivity index (χ2n) is 5.59. The minimum Gasteiger partial charge on any atom is -0.386 e. The van der Waals surface area contributed by atoms with Crippen LogP contribution < -0.4 is 5.32 Å². The number of nitrogens with zero attached hydrogens (tertiary/aromatic N) is 2. The molecule has 3 rings (SSSR count). The highest BCUT2D eigenvalue weighted by Gasteiger charge is 2.30. The number of hydrogen-bond donors (Lipinski definition) is 2. The van der Waals surface area contributed by atoms with Crippen LogP contribution in [0.3, 0.4) is 0 Å². The molecule has 0 radical (unpaired) electrons. The number of aliphatic hydroxyl groups is 1. The summed E-state index contributed by atoms with van der Waals surface area (Å²) in [5, 5.41) is 16.5. The molecule has 0 saturated heterocycles. The number of aliphatic hydroxyl groups excluding tert-OH is 1. The number of anilines is 1. The van der Waals surface area contributed by atoms with Crippen LogP contribution in [0.1, 0.15) is 30.6 Å². The number of hydrogen-bond acceptors (Lipinski definition) is 5. The van der Waals surface area contributed by atoms with E-state index in [2.05, 4.69) is 15.3 Å². The van der Waals surface area contributed by atoms with Crippen molar-refractivity contribution in [2.24, 2.45) is 0 Å². The molecule has 132 valence electrons. The zero-order valence-electron chi connectivity index (χ0n) is 13.3. The molecule has 2 heterocycles. The normalized spacial score (nSPS) is 14.4. The maximum Gasteiger partial charge on any atom is 0.416 e. The van der Waals surface area contributed by atoms with Gasteiger partial charge < -0.3 is 10.4 Å². The molecular formula is C17H16F3N3OS. The van der Waals surface area contributed by atoms with E-state index >= 15 is 0 Å². The van der Waals surface area contributed by atoms with E-state index < -0.39 is 23.9 Å². The quantitative estimate of drug-likeness (QED) is 0.690. The van der Waals surface area contributed by atoms with Crippen LogP contribution in [0.5, 0.6) is 0 Å². The van der Waals surface area contributed by atoms with Gasteiger partial charge in [-0.15, -0.1) is 11.3 Å². The van der Waals surface area contributed by atoms with Crippen LogP contribution in [0.15, 0.2) is 42.0 Å². The minimum absolute atomic E-state index is 0.394. The van der Waals surface area contributed by atoms with Crippen molar-refractivity contribution in [1.29, 1.82) is 0 Å². The third kappa shape index (κ3) is 3.74. The molecule has 0 spiro atoms. The molecule has 2 unspecified atom stereocenters. The van der Waals surface area contributed by atoms with E-state index in [4.69, 9.17) is 0 Å². The van der Waals surface area contributed by atoms with Crippen LogP contribution >= 0.6 is 11.3 Å². The Kier molecular flexibility index (Phi) is 4.91. The second kappa shape index (κ2) is 6.97. The highest BCUT2D eigenvalue weighted by atomic mass is 32.1. The van der Waals surface area contributed by atoms with Gasteiger partial charge >= 0.3 is 6.18 Å². The zero-order valence-corrected chi connectivity index (χ0v) is 14.1. The molecule has 0 amide bonds. The Morgan fingerprint density at radius 2 is 1.88 bits per heavy atom. The predicted molar refractivity (Wildman–Crippen MR) is 91.5 cm³/mol. The lowest BCUT2D eigenvalue weighted by molar-refractivity contribution is -0.137. The van der Waals surface area contributed by atoms with Crippen LogP contribution in [0.2, 0.25) is 0 Å². The Morgan fingerprint density at radius 1 is 1.16 bits per heavy atom. The fourth-order valence-corrected chi connectivity index (χ4v) is 3.32. The monoisotopic (exact) mass is 367 g/mol. The average molecular weight is 367 g/mol. The lowest BCUT2D eigenvalue weighted by Crippen LogP contribution is -2.27. The number of benzene rings is 1. The Balaban J connectivity index is 1.81. The Hall–Kier alpha value is -2.19. The maximum absolute atomic E-state index is 12.7. The van der Waals surface area contributed by atoms with E-state index in [0.29, 0.717) is 17.8 Å². The number of nitrogens with one attached hydrogen (secondary N) is 1. The van der Waals surface area contributed by atoms with Gasteiger partial charge in [-0.05, 0) is 35.6 Å². The van der Waals surface area contributed by atoms with Crippen molar-refractivity contribution in [3.8, 4) is 0 Å². The first-order valence-electron chi connectivity index (χ1n) is 7.70. The maximum atomic E-state index is 12.7. The van der Waals surface area contributed by atoms with E-state index in [0.717, 1.165) is 22.3 Å². The van der Waals surface area contributed by atoms with E-state index in [-0.39, 0.29) is 0 Å². The molecule has 0 bridgehead atoms. The summed E-state index contributed by atoms with van der Waals surface area (Å²) in [6.07, 6.45) is -3.34. The standard InChI is InChI=1S/C17H16F3N3OS/c1-2-13(23-15-12-7-8-25-16(12)22-9-21-15)14(24)10-3-5-11(6-4-10)17(18,19)20/h3-9,13-14,24H,2H2,1H3,(H,21,22,23). The van der Waals surface area contributed by atoms with Crippen molar-refractivity contribution in [3.63, 3.8) is 0 Å². The fourth-order valence-electron chi connectivity index (χ4n) is 2.59. The average Bonchev–Trinajstić information content (AvgIpc) is 3.08. The van der Waals surface area contributed by atoms with Gasteiger partial charge in [0, 0.05) is 0 Å². The van der Waals surface area contributed by atoms with Gasteiger partial charge in [-0.25, -0.2) is 9.97 Å². The number of aromatic nitrogens is 2. The Bertz CT molecular complexity index is 848. The van der Waals surface area contributed by atoms with E-state index in [1.54, 1.807) is 0 Å². The summed E-state index contributed by atoms with van der Waals surface area (Å²) in [5.74, 6) is 0.601. The fraction of sp³-hybridized carbons (Fsp3) is 0.294. The molecule has 0 aliphatic heterocycles. The first-order chi connectivity index (χ1) is 11.9. The van der Waals surface area contributed by atoms with Gasteiger partial charge in [0.15, 0.2) is 0 Å². The summed E-state index contributed by atoms with van der Waals surface area (Å²) in [7, 11) is 0. The molecular weight excluding hydrogens is 351 g/mol. The molecule has 0 fully saturated rings. The van der Waals surface area contributed by atoms with Gasteiger partial charge in [0.05, 0.1) is 23.1 Å². The number of halogens is 3. The number of rotatable bonds is 5. The molecule has 0 aliphatic rings. The third-order valence-corrected chi connectivity index (χ3v) is 4.81. The van der Waals surface area contributed by atoms with E-state index in [9.17, 15) is 18.3 Å². The van der Waals surface area contributed by atoms with Gasteiger partial charge in [0.25, 0.3) is 0 Å². The summed E-state index contributed by atoms with van der Waals surface area (Å²) < 4.78 is 38.0. The van der Waals surface area contributed by atoms with Crippen molar-refractivity contribution in [1.82, 2.24) is 9.97 Å². The smallest absolute Gasteiger partial charge is 0.386 e. The van der Waals surface area contributed by atoms with Crippen molar-refractivity contribution in [2.75, 3.05) is 5.32 Å². The molecule has 8 heteroatoms. The SMILES string of the molecule is CCC(Nc1ncnc2sccc12)C(O)c1ccc(C(F)(F)F)cc1. The van der Waals surface area contributed by atoms with Crippen LogP contribution in [-0.2, 0) is 6.18 Å². The van der Waals surface area contributed by atoms with Crippen molar-refractivity contribution < 1.29 is 18.3 Å². The lowest BCUT2D eigenvalue weighted by atomic mass is 9.99. The first-order valence-corrected chi connectivity index (χ1v) is 8.58. The second-order valence-corrected chi connectivity index (χ2v) is 6.48. The summed E-state index contributed by atoms with van der Waals surface area (Å²) in [5.41, 5.74) is -0.316. The third-order valence-electron chi connectivity index (χ3n) is 3.98. The van der Waals surface area contributed by atoms with Gasteiger partial charge in [0.2, 0.25) is 0 Å². The summed E-state index contributed by atoms with van der Waals surface area (Å²) in [6.45, 7) is 1.89. The number of thiophene rings is 1. The number of alkyl halides is 3. The predicted octanol–water partition coefficient (Wildman–Crippen LogP) is 4.63. The summed E-state index contributed by atoms with van der Waals surface area (Å²) in [4.78, 5) is 9.21. The molecule has 0 saturated carbocycles.